The van der Waals surface area contributed by atoms with Gasteiger partial charge in [-0.15, -0.1) is 0 Å². The third-order valence-corrected chi connectivity index (χ3v) is 7.38. The van der Waals surface area contributed by atoms with Crippen LogP contribution in [0, 0.1) is 0 Å². The molecule has 0 saturated heterocycles. The highest BCUT2D eigenvalue weighted by molar-refractivity contribution is 7.93. The maximum Gasteiger partial charge on any atom is 0.339 e. The Kier molecular flexibility index (Phi) is 7.56. The molecule has 0 bridgehead atoms. The van der Waals surface area contributed by atoms with Gasteiger partial charge < -0.3 is 10.1 Å². The summed E-state index contributed by atoms with van der Waals surface area (Å²) in [6, 6.07) is 12.1. The molecule has 0 heterocycles. The van der Waals surface area contributed by atoms with Gasteiger partial charge in [0.05, 0.1) is 23.4 Å². The van der Waals surface area contributed by atoms with Gasteiger partial charge in [-0.25, -0.2) is 13.2 Å². The molecule has 1 saturated carbocycles. The molecule has 0 atom stereocenters. The molecule has 9 heteroatoms. The highest BCUT2D eigenvalue weighted by Crippen LogP contribution is 2.31. The lowest BCUT2D eigenvalue weighted by atomic mass is 9.95. The number of amides is 1. The Hall–Kier alpha value is -2.58. The Balaban J connectivity index is 1.99. The number of halogens is 1. The van der Waals surface area contributed by atoms with Crippen molar-refractivity contribution in [1.82, 2.24) is 5.32 Å². The van der Waals surface area contributed by atoms with Crippen LogP contribution < -0.4 is 9.62 Å². The second-order valence-corrected chi connectivity index (χ2v) is 9.59. The van der Waals surface area contributed by atoms with Crippen LogP contribution in [0.2, 0.25) is 5.02 Å². The number of nitrogens with zero attached hydrogens (tertiary/aromatic N) is 1. The zero-order valence-corrected chi connectivity index (χ0v) is 18.8. The average Bonchev–Trinajstić information content (AvgIpc) is 2.78. The van der Waals surface area contributed by atoms with Crippen LogP contribution >= 0.6 is 11.6 Å². The molecular weight excluding hydrogens is 440 g/mol. The standard InChI is InChI=1S/C22H25ClN2O5S/c1-30-22(27)17-11-5-8-14-20(17)31(28,29)25(19-13-7-6-12-18(19)23)15-21(26)24-16-9-3-2-4-10-16/h5-8,11-14,16H,2-4,9-10,15H2,1H3,(H,24,26). The number of ether oxygens (including phenoxy) is 1. The predicted octanol–water partition coefficient (Wildman–Crippen LogP) is 3.77. The van der Waals surface area contributed by atoms with Crippen molar-refractivity contribution >= 4 is 39.2 Å². The number of nitrogens with one attached hydrogen (secondary N) is 1. The summed E-state index contributed by atoms with van der Waals surface area (Å²) in [5.41, 5.74) is 0.0392. The summed E-state index contributed by atoms with van der Waals surface area (Å²) in [6.07, 6.45) is 4.94. The highest BCUT2D eigenvalue weighted by atomic mass is 35.5. The molecule has 1 N–H and O–H groups in total. The van der Waals surface area contributed by atoms with Crippen molar-refractivity contribution in [1.29, 1.82) is 0 Å². The molecular formula is C22H25ClN2O5S. The molecule has 1 aliphatic rings. The molecule has 0 aromatic heterocycles. The van der Waals surface area contributed by atoms with Gasteiger partial charge in [0.2, 0.25) is 5.91 Å². The van der Waals surface area contributed by atoms with Gasteiger partial charge in [-0.05, 0) is 37.1 Å². The Labute approximate surface area is 187 Å². The summed E-state index contributed by atoms with van der Waals surface area (Å²) >= 11 is 6.29. The third-order valence-electron chi connectivity index (χ3n) is 5.24. The van der Waals surface area contributed by atoms with E-state index in [2.05, 4.69) is 5.32 Å². The van der Waals surface area contributed by atoms with Gasteiger partial charge in [0, 0.05) is 6.04 Å². The number of carbonyl (C=O) groups is 2. The van der Waals surface area contributed by atoms with Crippen molar-refractivity contribution in [3.63, 3.8) is 0 Å². The normalized spacial score (nSPS) is 14.6. The number of benzene rings is 2. The van der Waals surface area contributed by atoms with Crippen molar-refractivity contribution in [2.45, 2.75) is 43.0 Å². The summed E-state index contributed by atoms with van der Waals surface area (Å²) in [5.74, 6) is -1.21. The monoisotopic (exact) mass is 464 g/mol. The molecule has 0 radical (unpaired) electrons. The van der Waals surface area contributed by atoms with E-state index in [0.29, 0.717) is 0 Å². The minimum atomic E-state index is -4.31. The Bertz CT molecular complexity index is 1050. The fourth-order valence-electron chi connectivity index (χ4n) is 3.69. The average molecular weight is 465 g/mol. The fourth-order valence-corrected chi connectivity index (χ4v) is 5.60. The molecule has 1 aliphatic carbocycles. The van der Waals surface area contributed by atoms with E-state index in [1.807, 2.05) is 0 Å². The van der Waals surface area contributed by atoms with E-state index in [0.717, 1.165) is 36.4 Å². The zero-order valence-electron chi connectivity index (χ0n) is 17.2. The lowest BCUT2D eigenvalue weighted by Crippen LogP contribution is -2.45. The molecule has 0 spiro atoms. The zero-order chi connectivity index (χ0) is 22.4. The number of esters is 1. The second kappa shape index (κ2) is 10.2. The Morgan fingerprint density at radius 1 is 1.06 bits per heavy atom. The van der Waals surface area contributed by atoms with E-state index >= 15 is 0 Å². The molecule has 166 valence electrons. The van der Waals surface area contributed by atoms with Gasteiger partial charge in [0.25, 0.3) is 10.0 Å². The second-order valence-electron chi connectivity index (χ2n) is 7.35. The van der Waals surface area contributed by atoms with Crippen LogP contribution in [0.4, 0.5) is 5.69 Å². The number of hydrogen-bond acceptors (Lipinski definition) is 5. The Morgan fingerprint density at radius 3 is 2.39 bits per heavy atom. The number of methoxy groups -OCH3 is 1. The maximum absolute atomic E-state index is 13.6. The first-order valence-corrected chi connectivity index (χ1v) is 11.9. The minimum Gasteiger partial charge on any atom is -0.465 e. The summed E-state index contributed by atoms with van der Waals surface area (Å²) in [6.45, 7) is -0.460. The molecule has 2 aromatic carbocycles. The predicted molar refractivity (Wildman–Crippen MR) is 119 cm³/mol. The fraction of sp³-hybridized carbons (Fsp3) is 0.364. The van der Waals surface area contributed by atoms with Gasteiger partial charge in [0.1, 0.15) is 11.4 Å². The van der Waals surface area contributed by atoms with Crippen molar-refractivity contribution in [3.8, 4) is 0 Å². The van der Waals surface area contributed by atoms with Gasteiger partial charge in [-0.3, -0.25) is 9.10 Å². The molecule has 3 rings (SSSR count). The van der Waals surface area contributed by atoms with E-state index in [4.69, 9.17) is 16.3 Å². The first kappa shape index (κ1) is 23.1. The molecule has 7 nitrogen and oxygen atoms in total. The number of anilines is 1. The highest BCUT2D eigenvalue weighted by Gasteiger charge is 2.32. The Morgan fingerprint density at radius 2 is 1.71 bits per heavy atom. The van der Waals surface area contributed by atoms with Gasteiger partial charge >= 0.3 is 5.97 Å². The molecule has 0 aliphatic heterocycles. The topological polar surface area (TPSA) is 92.8 Å². The number of para-hydroxylation sites is 1. The molecule has 31 heavy (non-hydrogen) atoms. The SMILES string of the molecule is COC(=O)c1ccccc1S(=O)(=O)N(CC(=O)NC1CCCCC1)c1ccccc1Cl. The van der Waals surface area contributed by atoms with Crippen LogP contribution in [0.25, 0.3) is 0 Å². The van der Waals surface area contributed by atoms with Crippen molar-refractivity contribution in [2.75, 3.05) is 18.0 Å². The number of rotatable bonds is 7. The smallest absolute Gasteiger partial charge is 0.339 e. The van der Waals surface area contributed by atoms with Crippen LogP contribution in [0.15, 0.2) is 53.4 Å². The lowest BCUT2D eigenvalue weighted by molar-refractivity contribution is -0.120. The van der Waals surface area contributed by atoms with Crippen molar-refractivity contribution in [3.05, 3.63) is 59.1 Å². The largest absolute Gasteiger partial charge is 0.465 e. The van der Waals surface area contributed by atoms with Gasteiger partial charge in [-0.2, -0.15) is 0 Å². The third kappa shape index (κ3) is 5.37. The summed E-state index contributed by atoms with van der Waals surface area (Å²) in [4.78, 5) is 24.7. The van der Waals surface area contributed by atoms with Crippen LogP contribution in [-0.2, 0) is 19.6 Å². The first-order valence-electron chi connectivity index (χ1n) is 10.1. The summed E-state index contributed by atoms with van der Waals surface area (Å²) in [7, 11) is -3.14. The molecule has 1 amide bonds. The van der Waals surface area contributed by atoms with E-state index in [9.17, 15) is 18.0 Å². The quantitative estimate of drug-likeness (QED) is 0.629. The van der Waals surface area contributed by atoms with Gasteiger partial charge in [-0.1, -0.05) is 55.1 Å². The van der Waals surface area contributed by atoms with E-state index in [-0.39, 0.29) is 27.2 Å². The van der Waals surface area contributed by atoms with Crippen LogP contribution in [0.5, 0.6) is 0 Å². The number of sulfonamides is 1. The van der Waals surface area contributed by atoms with Crippen LogP contribution in [-0.4, -0.2) is 40.0 Å². The van der Waals surface area contributed by atoms with E-state index in [1.54, 1.807) is 24.3 Å². The van der Waals surface area contributed by atoms with Gasteiger partial charge in [0.15, 0.2) is 0 Å². The van der Waals surface area contributed by atoms with E-state index < -0.39 is 28.4 Å². The summed E-state index contributed by atoms with van der Waals surface area (Å²) in [5, 5.41) is 3.10. The van der Waals surface area contributed by atoms with Crippen LogP contribution in [0.3, 0.4) is 0 Å². The lowest BCUT2D eigenvalue weighted by Gasteiger charge is -2.28. The number of carbonyl (C=O) groups excluding carboxylic acids is 2. The van der Waals surface area contributed by atoms with E-state index in [1.165, 1.54) is 31.4 Å². The number of hydrogen-bond donors (Lipinski definition) is 1. The van der Waals surface area contributed by atoms with Crippen molar-refractivity contribution in [2.24, 2.45) is 0 Å². The molecule has 1 fully saturated rings. The summed E-state index contributed by atoms with van der Waals surface area (Å²) < 4.78 is 32.9. The minimum absolute atomic E-state index is 0.0272. The van der Waals surface area contributed by atoms with Crippen LogP contribution in [0.1, 0.15) is 42.5 Å². The maximum atomic E-state index is 13.6. The van der Waals surface area contributed by atoms with Crippen molar-refractivity contribution < 1.29 is 22.7 Å². The molecule has 0 unspecified atom stereocenters. The first-order chi connectivity index (χ1) is 14.8. The molecule has 2 aromatic rings.